The highest BCUT2D eigenvalue weighted by Crippen LogP contribution is 2.42. The second-order valence-corrected chi connectivity index (χ2v) is 6.98. The van der Waals surface area contributed by atoms with Gasteiger partial charge in [-0.15, -0.1) is 0 Å². The molecule has 3 aliphatic rings. The molecule has 0 spiro atoms. The van der Waals surface area contributed by atoms with E-state index in [0.29, 0.717) is 17.8 Å². The van der Waals surface area contributed by atoms with Crippen LogP contribution >= 0.6 is 0 Å². The lowest BCUT2D eigenvalue weighted by Gasteiger charge is -2.14. The van der Waals surface area contributed by atoms with Gasteiger partial charge in [-0.3, -0.25) is 4.90 Å². The molecule has 1 atom stereocenters. The van der Waals surface area contributed by atoms with Crippen molar-refractivity contribution in [2.75, 3.05) is 13.1 Å². The minimum absolute atomic E-state index is 0.379. The second-order valence-electron chi connectivity index (χ2n) is 6.98. The fourth-order valence-corrected chi connectivity index (χ4v) is 3.41. The molecule has 0 aromatic carbocycles. The Labute approximate surface area is 128 Å². The van der Waals surface area contributed by atoms with Crippen molar-refractivity contribution in [1.82, 2.24) is 20.2 Å². The number of rotatable bonds is 5. The molecule has 1 saturated heterocycles. The van der Waals surface area contributed by atoms with Crippen molar-refractivity contribution in [1.29, 1.82) is 0 Å². The van der Waals surface area contributed by atoms with Gasteiger partial charge in [-0.05, 0) is 38.6 Å². The van der Waals surface area contributed by atoms with Gasteiger partial charge in [-0.25, -0.2) is 0 Å². The van der Waals surface area contributed by atoms with Crippen LogP contribution in [-0.4, -0.2) is 33.3 Å². The Morgan fingerprint density at radius 1 is 1.05 bits per heavy atom. The van der Waals surface area contributed by atoms with E-state index >= 15 is 0 Å². The first kappa shape index (κ1) is 12.8. The molecule has 3 fully saturated rings. The molecule has 2 aromatic heterocycles. The monoisotopic (exact) mass is 300 g/mol. The Bertz CT molecular complexity index is 671. The Kier molecular flexibility index (Phi) is 2.86. The molecule has 6 heteroatoms. The number of hydrogen-bond donors (Lipinski definition) is 0. The van der Waals surface area contributed by atoms with Crippen LogP contribution in [0.3, 0.4) is 0 Å². The van der Waals surface area contributed by atoms with Gasteiger partial charge in [0.15, 0.2) is 5.82 Å². The fourth-order valence-electron chi connectivity index (χ4n) is 3.41. The van der Waals surface area contributed by atoms with E-state index in [1.165, 1.54) is 31.2 Å². The van der Waals surface area contributed by atoms with Crippen molar-refractivity contribution >= 4 is 0 Å². The lowest BCUT2D eigenvalue weighted by atomic mass is 10.1. The average molecular weight is 300 g/mol. The Balaban J connectivity index is 1.25. The van der Waals surface area contributed by atoms with Gasteiger partial charge in [0, 0.05) is 30.5 Å². The Morgan fingerprint density at radius 3 is 2.73 bits per heavy atom. The molecule has 0 N–H and O–H groups in total. The number of nitrogens with zero attached hydrogens (tertiary/aromatic N) is 4. The molecular formula is C16H20N4O2. The van der Waals surface area contributed by atoms with Crippen LogP contribution in [-0.2, 0) is 6.54 Å². The SMILES string of the molecule is c1noc(C2CC2)c1CN1CCC(c2nc(C3CC3)no2)C1. The summed E-state index contributed by atoms with van der Waals surface area (Å²) in [5.41, 5.74) is 1.26. The molecule has 5 rings (SSSR count). The van der Waals surface area contributed by atoms with Crippen LogP contribution in [0.1, 0.15) is 72.9 Å². The van der Waals surface area contributed by atoms with E-state index in [1.807, 2.05) is 6.20 Å². The molecule has 2 aliphatic carbocycles. The van der Waals surface area contributed by atoms with Gasteiger partial charge in [0.2, 0.25) is 5.89 Å². The second kappa shape index (κ2) is 4.91. The third-order valence-corrected chi connectivity index (χ3v) is 5.04. The van der Waals surface area contributed by atoms with Crippen LogP contribution in [0.2, 0.25) is 0 Å². The van der Waals surface area contributed by atoms with Crippen LogP contribution in [0, 0.1) is 0 Å². The Morgan fingerprint density at radius 2 is 1.91 bits per heavy atom. The van der Waals surface area contributed by atoms with E-state index in [9.17, 15) is 0 Å². The van der Waals surface area contributed by atoms with Crippen molar-refractivity contribution in [3.05, 3.63) is 29.2 Å². The summed E-state index contributed by atoms with van der Waals surface area (Å²) in [6, 6.07) is 0. The van der Waals surface area contributed by atoms with Crippen LogP contribution < -0.4 is 0 Å². The summed E-state index contributed by atoms with van der Waals surface area (Å²) in [4.78, 5) is 7.05. The largest absolute Gasteiger partial charge is 0.361 e. The summed E-state index contributed by atoms with van der Waals surface area (Å²) in [5, 5.41) is 8.13. The molecule has 0 bridgehead atoms. The highest BCUT2D eigenvalue weighted by molar-refractivity contribution is 5.21. The minimum Gasteiger partial charge on any atom is -0.361 e. The van der Waals surface area contributed by atoms with Gasteiger partial charge >= 0.3 is 0 Å². The molecule has 1 unspecified atom stereocenters. The maximum atomic E-state index is 5.49. The van der Waals surface area contributed by atoms with Gasteiger partial charge in [0.05, 0.1) is 12.1 Å². The van der Waals surface area contributed by atoms with Crippen molar-refractivity contribution in [2.24, 2.45) is 0 Å². The predicted octanol–water partition coefficient (Wildman–Crippen LogP) is 2.80. The fraction of sp³-hybridized carbons (Fsp3) is 0.688. The first-order valence-electron chi connectivity index (χ1n) is 8.36. The van der Waals surface area contributed by atoms with E-state index in [4.69, 9.17) is 9.05 Å². The van der Waals surface area contributed by atoms with Gasteiger partial charge in [-0.1, -0.05) is 10.3 Å². The summed E-state index contributed by atoms with van der Waals surface area (Å²) >= 11 is 0. The topological polar surface area (TPSA) is 68.2 Å². The maximum absolute atomic E-state index is 5.49. The summed E-state index contributed by atoms with van der Waals surface area (Å²) in [7, 11) is 0. The molecule has 3 heterocycles. The van der Waals surface area contributed by atoms with Crippen LogP contribution in [0.25, 0.3) is 0 Å². The third kappa shape index (κ3) is 2.35. The van der Waals surface area contributed by atoms with E-state index in [1.54, 1.807) is 0 Å². The zero-order valence-corrected chi connectivity index (χ0v) is 12.6. The zero-order chi connectivity index (χ0) is 14.5. The van der Waals surface area contributed by atoms with E-state index in [-0.39, 0.29) is 0 Å². The predicted molar refractivity (Wildman–Crippen MR) is 77.4 cm³/mol. The minimum atomic E-state index is 0.379. The standard InChI is InChI=1S/C16H20N4O2/c1-2-10(1)14-13(7-17-21-14)9-20-6-5-12(8-20)16-18-15(19-22-16)11-3-4-11/h7,10-12H,1-6,8-9H2. The smallest absolute Gasteiger partial charge is 0.231 e. The lowest BCUT2D eigenvalue weighted by molar-refractivity contribution is 0.305. The van der Waals surface area contributed by atoms with E-state index in [0.717, 1.165) is 43.5 Å². The van der Waals surface area contributed by atoms with Crippen molar-refractivity contribution in [3.8, 4) is 0 Å². The number of likely N-dealkylation sites (tertiary alicyclic amines) is 1. The highest BCUT2D eigenvalue weighted by atomic mass is 16.5. The molecule has 1 aliphatic heterocycles. The maximum Gasteiger partial charge on any atom is 0.231 e. The number of aromatic nitrogens is 3. The average Bonchev–Trinajstić information content (AvgIpc) is 3.41. The van der Waals surface area contributed by atoms with Gasteiger partial charge in [0.1, 0.15) is 5.76 Å². The van der Waals surface area contributed by atoms with E-state index < -0.39 is 0 Å². The molecule has 2 saturated carbocycles. The van der Waals surface area contributed by atoms with Crippen LogP contribution in [0.5, 0.6) is 0 Å². The van der Waals surface area contributed by atoms with E-state index in [2.05, 4.69) is 20.2 Å². The molecule has 0 amide bonds. The lowest BCUT2D eigenvalue weighted by Crippen LogP contribution is -2.20. The van der Waals surface area contributed by atoms with Crippen LogP contribution in [0.4, 0.5) is 0 Å². The van der Waals surface area contributed by atoms with Crippen molar-refractivity contribution in [3.63, 3.8) is 0 Å². The molecule has 6 nitrogen and oxygen atoms in total. The van der Waals surface area contributed by atoms with Crippen LogP contribution in [0.15, 0.2) is 15.2 Å². The first-order chi connectivity index (χ1) is 10.9. The first-order valence-corrected chi connectivity index (χ1v) is 8.36. The zero-order valence-electron chi connectivity index (χ0n) is 12.6. The molecule has 116 valence electrons. The molecule has 22 heavy (non-hydrogen) atoms. The van der Waals surface area contributed by atoms with Gasteiger partial charge < -0.3 is 9.05 Å². The third-order valence-electron chi connectivity index (χ3n) is 5.04. The van der Waals surface area contributed by atoms with Crippen molar-refractivity contribution in [2.45, 2.75) is 56.4 Å². The van der Waals surface area contributed by atoms with Crippen molar-refractivity contribution < 1.29 is 9.05 Å². The molecule has 0 radical (unpaired) electrons. The molecular weight excluding hydrogens is 280 g/mol. The summed E-state index contributed by atoms with van der Waals surface area (Å²) in [6.45, 7) is 2.98. The normalized spacial score (nSPS) is 25.9. The summed E-state index contributed by atoms with van der Waals surface area (Å²) in [5.74, 6) is 4.42. The highest BCUT2D eigenvalue weighted by Gasteiger charge is 2.34. The Hall–Kier alpha value is -1.69. The number of hydrogen-bond acceptors (Lipinski definition) is 6. The summed E-state index contributed by atoms with van der Waals surface area (Å²) in [6.07, 6.45) is 7.91. The summed E-state index contributed by atoms with van der Waals surface area (Å²) < 4.78 is 10.9. The quantitative estimate of drug-likeness (QED) is 0.845. The molecule has 2 aromatic rings. The van der Waals surface area contributed by atoms with Gasteiger partial charge in [0.25, 0.3) is 0 Å². The van der Waals surface area contributed by atoms with Gasteiger partial charge in [-0.2, -0.15) is 4.98 Å².